The maximum absolute atomic E-state index is 13.2. The van der Waals surface area contributed by atoms with Crippen LogP contribution in [0, 0.1) is 13.8 Å². The highest BCUT2D eigenvalue weighted by atomic mass is 35.5. The van der Waals surface area contributed by atoms with Gasteiger partial charge in [-0.3, -0.25) is 9.59 Å². The molecule has 11 heteroatoms. The molecule has 1 N–H and O–H groups in total. The summed E-state index contributed by atoms with van der Waals surface area (Å²) in [5, 5.41) is 6.45. The van der Waals surface area contributed by atoms with Crippen molar-refractivity contribution in [3.05, 3.63) is 80.9 Å². The van der Waals surface area contributed by atoms with E-state index in [0.717, 1.165) is 4.68 Å². The molecule has 0 unspecified atom stereocenters. The van der Waals surface area contributed by atoms with Gasteiger partial charge in [0.25, 0.3) is 5.91 Å². The van der Waals surface area contributed by atoms with Crippen molar-refractivity contribution in [1.82, 2.24) is 20.1 Å². The predicted molar refractivity (Wildman–Crippen MR) is 127 cm³/mol. The number of aldehydes is 1. The van der Waals surface area contributed by atoms with Crippen LogP contribution < -0.4 is 5.32 Å². The zero-order valence-electron chi connectivity index (χ0n) is 20.0. The summed E-state index contributed by atoms with van der Waals surface area (Å²) >= 11 is 6.22. The molecule has 0 bridgehead atoms. The second-order valence-electron chi connectivity index (χ2n) is 8.95. The molecule has 0 fully saturated rings. The van der Waals surface area contributed by atoms with Gasteiger partial charge >= 0.3 is 6.18 Å². The number of alkyl halides is 3. The lowest BCUT2D eigenvalue weighted by Crippen LogP contribution is -2.45. The molecule has 1 aromatic heterocycles. The maximum Gasteiger partial charge on any atom is 0.451 e. The Kier molecular flexibility index (Phi) is 7.68. The van der Waals surface area contributed by atoms with Crippen molar-refractivity contribution in [2.45, 2.75) is 52.4 Å². The van der Waals surface area contributed by atoms with Crippen molar-refractivity contribution in [1.29, 1.82) is 0 Å². The van der Waals surface area contributed by atoms with Crippen LogP contribution in [0.5, 0.6) is 0 Å². The highest BCUT2D eigenvalue weighted by molar-refractivity contribution is 6.35. The molecule has 2 aromatic carbocycles. The first kappa shape index (κ1) is 27.1. The van der Waals surface area contributed by atoms with Gasteiger partial charge in [-0.25, -0.2) is 9.67 Å². The molecule has 0 radical (unpaired) electrons. The molecular formula is C25H24ClF3N4O3. The molecule has 3 aromatic rings. The van der Waals surface area contributed by atoms with Crippen molar-refractivity contribution in [2.24, 2.45) is 0 Å². The summed E-state index contributed by atoms with van der Waals surface area (Å²) in [7, 11) is 0. The largest absolute Gasteiger partial charge is 0.451 e. The molecule has 0 spiro atoms. The summed E-state index contributed by atoms with van der Waals surface area (Å²) < 4.78 is 40.5. The van der Waals surface area contributed by atoms with E-state index in [9.17, 15) is 27.6 Å². The van der Waals surface area contributed by atoms with Crippen LogP contribution >= 0.6 is 11.6 Å². The van der Waals surface area contributed by atoms with Crippen LogP contribution in [0.1, 0.15) is 62.9 Å². The summed E-state index contributed by atoms with van der Waals surface area (Å²) in [6.45, 7) is 6.01. The first-order chi connectivity index (χ1) is 16.7. The third kappa shape index (κ3) is 6.17. The van der Waals surface area contributed by atoms with Gasteiger partial charge in [0.05, 0.1) is 22.7 Å². The number of rotatable bonds is 8. The standard InChI is InChI=1S/C25H24ClF3N4O3/c1-14-10-16(12-33-23(25(27,28)29)30-15(2)32-33)8-9-17(14)11-20(35)18-6-5-7-19(26)21(18)22(36)31-24(3,4)13-34/h5-10,13H,11-12H2,1-4H3,(H,31,36). The van der Waals surface area contributed by atoms with Crippen LogP contribution in [0.2, 0.25) is 5.02 Å². The van der Waals surface area contributed by atoms with Gasteiger partial charge in [0.15, 0.2) is 5.78 Å². The lowest BCUT2D eigenvalue weighted by molar-refractivity contribution is -0.147. The second kappa shape index (κ2) is 10.2. The van der Waals surface area contributed by atoms with E-state index in [1.165, 1.54) is 32.9 Å². The fourth-order valence-electron chi connectivity index (χ4n) is 3.64. The SMILES string of the molecule is Cc1nc(C(F)(F)F)n(Cc2ccc(CC(=O)c3cccc(Cl)c3C(=O)NC(C)(C)C=O)c(C)c2)n1. The van der Waals surface area contributed by atoms with Crippen LogP contribution in [0.4, 0.5) is 13.2 Å². The minimum atomic E-state index is -4.63. The van der Waals surface area contributed by atoms with Crippen LogP contribution in [0.25, 0.3) is 0 Å². The van der Waals surface area contributed by atoms with Gasteiger partial charge in [0.1, 0.15) is 12.1 Å². The second-order valence-corrected chi connectivity index (χ2v) is 9.36. The van der Waals surface area contributed by atoms with Crippen molar-refractivity contribution in [3.63, 3.8) is 0 Å². The molecule has 0 aliphatic carbocycles. The number of benzene rings is 2. The van der Waals surface area contributed by atoms with Gasteiger partial charge in [-0.15, -0.1) is 0 Å². The lowest BCUT2D eigenvalue weighted by atomic mass is 9.94. The Labute approximate surface area is 210 Å². The molecule has 0 saturated heterocycles. The molecule has 190 valence electrons. The molecule has 3 rings (SSSR count). The lowest BCUT2D eigenvalue weighted by Gasteiger charge is -2.20. The van der Waals surface area contributed by atoms with Crippen molar-refractivity contribution < 1.29 is 27.6 Å². The van der Waals surface area contributed by atoms with E-state index < -0.39 is 23.4 Å². The summed E-state index contributed by atoms with van der Waals surface area (Å²) in [4.78, 5) is 40.6. The first-order valence-electron chi connectivity index (χ1n) is 10.9. The third-order valence-electron chi connectivity index (χ3n) is 5.39. The number of nitrogens with zero attached hydrogens (tertiary/aromatic N) is 3. The Balaban J connectivity index is 1.84. The average Bonchev–Trinajstić information content (AvgIpc) is 3.15. The number of nitrogens with one attached hydrogen (secondary N) is 1. The Morgan fingerprint density at radius 1 is 1.14 bits per heavy atom. The highest BCUT2D eigenvalue weighted by Gasteiger charge is 2.37. The zero-order valence-corrected chi connectivity index (χ0v) is 20.8. The molecular weight excluding hydrogens is 497 g/mol. The van der Waals surface area contributed by atoms with E-state index in [1.54, 1.807) is 31.2 Å². The Morgan fingerprint density at radius 3 is 2.44 bits per heavy atom. The first-order valence-corrected chi connectivity index (χ1v) is 11.3. The van der Waals surface area contributed by atoms with Gasteiger partial charge in [0, 0.05) is 12.0 Å². The summed E-state index contributed by atoms with van der Waals surface area (Å²) in [5.41, 5.74) is 0.776. The summed E-state index contributed by atoms with van der Waals surface area (Å²) in [6, 6.07) is 9.45. The van der Waals surface area contributed by atoms with E-state index in [4.69, 9.17) is 11.6 Å². The monoisotopic (exact) mass is 520 g/mol. The van der Waals surface area contributed by atoms with E-state index in [0.29, 0.717) is 23.0 Å². The van der Waals surface area contributed by atoms with Gasteiger partial charge in [-0.1, -0.05) is 41.9 Å². The van der Waals surface area contributed by atoms with Crippen molar-refractivity contribution >= 4 is 29.6 Å². The van der Waals surface area contributed by atoms with Crippen LogP contribution in [0.3, 0.4) is 0 Å². The fraction of sp³-hybridized carbons (Fsp3) is 0.320. The number of aryl methyl sites for hydroxylation is 2. The van der Waals surface area contributed by atoms with Gasteiger partial charge in [0.2, 0.25) is 5.82 Å². The van der Waals surface area contributed by atoms with Gasteiger partial charge < -0.3 is 10.1 Å². The topological polar surface area (TPSA) is 94.0 Å². The predicted octanol–water partition coefficient (Wildman–Crippen LogP) is 4.75. The molecule has 0 aliphatic heterocycles. The van der Waals surface area contributed by atoms with E-state index in [-0.39, 0.29) is 40.7 Å². The average molecular weight is 521 g/mol. The van der Waals surface area contributed by atoms with Crippen molar-refractivity contribution in [2.75, 3.05) is 0 Å². The third-order valence-corrected chi connectivity index (χ3v) is 5.71. The Hall–Kier alpha value is -3.53. The number of hydrogen-bond acceptors (Lipinski definition) is 5. The Morgan fingerprint density at radius 2 is 1.83 bits per heavy atom. The number of ketones is 1. The van der Waals surface area contributed by atoms with Crippen LogP contribution in [-0.4, -0.2) is 38.3 Å². The highest BCUT2D eigenvalue weighted by Crippen LogP contribution is 2.28. The molecule has 0 saturated carbocycles. The smallest absolute Gasteiger partial charge is 0.340 e. The fourth-order valence-corrected chi connectivity index (χ4v) is 3.90. The van der Waals surface area contributed by atoms with Crippen molar-refractivity contribution in [3.8, 4) is 0 Å². The van der Waals surface area contributed by atoms with Gasteiger partial charge in [-0.05, 0) is 50.5 Å². The minimum absolute atomic E-state index is 0.0131. The number of hydrogen-bond donors (Lipinski definition) is 1. The number of carbonyl (C=O) groups is 3. The van der Waals surface area contributed by atoms with E-state index >= 15 is 0 Å². The number of halogens is 4. The number of Topliss-reactive ketones (excluding diaryl/α,β-unsaturated/α-hetero) is 1. The molecule has 1 amide bonds. The maximum atomic E-state index is 13.2. The normalized spacial score (nSPS) is 11.9. The number of aromatic nitrogens is 3. The minimum Gasteiger partial charge on any atom is -0.340 e. The Bertz CT molecular complexity index is 1330. The summed E-state index contributed by atoms with van der Waals surface area (Å²) in [5.74, 6) is -2.11. The molecule has 0 atom stereocenters. The number of amides is 1. The summed E-state index contributed by atoms with van der Waals surface area (Å²) in [6.07, 6.45) is -4.13. The van der Waals surface area contributed by atoms with E-state index in [2.05, 4.69) is 15.4 Å². The molecule has 36 heavy (non-hydrogen) atoms. The van der Waals surface area contributed by atoms with Crippen LogP contribution in [-0.2, 0) is 23.9 Å². The van der Waals surface area contributed by atoms with E-state index in [1.807, 2.05) is 0 Å². The molecule has 7 nitrogen and oxygen atoms in total. The quantitative estimate of drug-likeness (QED) is 0.342. The zero-order chi connectivity index (χ0) is 26.8. The van der Waals surface area contributed by atoms with Gasteiger partial charge in [-0.2, -0.15) is 18.3 Å². The molecule has 0 aliphatic rings. The van der Waals surface area contributed by atoms with Crippen LogP contribution in [0.15, 0.2) is 36.4 Å². The molecule has 1 heterocycles. The number of carbonyl (C=O) groups excluding carboxylic acids is 3.